The molecule has 19 heavy (non-hydrogen) atoms. The molecule has 0 spiro atoms. The number of nitrogens with one attached hydrogen (secondary N) is 1. The number of hydrogen-bond donors (Lipinski definition) is 2. The van der Waals surface area contributed by atoms with Gasteiger partial charge >= 0.3 is 0 Å². The molecule has 2 aromatic rings. The Balaban J connectivity index is 2.25. The lowest BCUT2D eigenvalue weighted by Gasteiger charge is -2.08. The Hall–Kier alpha value is -2.43. The predicted molar refractivity (Wildman–Crippen MR) is 69.9 cm³/mol. The summed E-state index contributed by atoms with van der Waals surface area (Å²) in [6, 6.07) is 7.61. The molecule has 0 aliphatic carbocycles. The minimum absolute atomic E-state index is 0.338. The predicted octanol–water partition coefficient (Wildman–Crippen LogP) is 3.11. The quantitative estimate of drug-likeness (QED) is 0.817. The van der Waals surface area contributed by atoms with Gasteiger partial charge in [0.1, 0.15) is 11.6 Å². The SMILES string of the molecule is Cc1cc(NC(=O)c2cc(F)ccc2F)ccc1N. The highest BCUT2D eigenvalue weighted by molar-refractivity contribution is 6.04. The normalized spacial score (nSPS) is 10.3. The van der Waals surface area contributed by atoms with E-state index in [0.29, 0.717) is 11.4 Å². The molecule has 0 unspecified atom stereocenters. The Morgan fingerprint density at radius 2 is 1.89 bits per heavy atom. The van der Waals surface area contributed by atoms with Crippen molar-refractivity contribution >= 4 is 17.3 Å². The summed E-state index contributed by atoms with van der Waals surface area (Å²) < 4.78 is 26.4. The van der Waals surface area contributed by atoms with Gasteiger partial charge in [0.05, 0.1) is 5.56 Å². The minimum atomic E-state index is -0.772. The second-order valence-corrected chi connectivity index (χ2v) is 4.15. The van der Waals surface area contributed by atoms with Crippen molar-refractivity contribution in [1.82, 2.24) is 0 Å². The van der Waals surface area contributed by atoms with Crippen LogP contribution in [0.15, 0.2) is 36.4 Å². The van der Waals surface area contributed by atoms with Crippen LogP contribution in [0.4, 0.5) is 20.2 Å². The van der Waals surface area contributed by atoms with Gasteiger partial charge in [-0.1, -0.05) is 0 Å². The summed E-state index contributed by atoms with van der Waals surface area (Å²) in [5.74, 6) is -2.15. The molecule has 0 radical (unpaired) electrons. The van der Waals surface area contributed by atoms with Gasteiger partial charge < -0.3 is 11.1 Å². The van der Waals surface area contributed by atoms with E-state index in [1.807, 2.05) is 0 Å². The van der Waals surface area contributed by atoms with Crippen molar-refractivity contribution in [2.75, 3.05) is 11.1 Å². The number of halogens is 2. The van der Waals surface area contributed by atoms with Crippen molar-refractivity contribution in [3.8, 4) is 0 Å². The van der Waals surface area contributed by atoms with Crippen molar-refractivity contribution in [2.45, 2.75) is 6.92 Å². The average molecular weight is 262 g/mol. The van der Waals surface area contributed by atoms with E-state index in [4.69, 9.17) is 5.73 Å². The number of anilines is 2. The third kappa shape index (κ3) is 2.88. The van der Waals surface area contributed by atoms with Gasteiger partial charge in [0.15, 0.2) is 0 Å². The van der Waals surface area contributed by atoms with Gasteiger partial charge in [-0.05, 0) is 48.9 Å². The van der Waals surface area contributed by atoms with Crippen LogP contribution in [0.5, 0.6) is 0 Å². The molecule has 1 amide bonds. The number of aryl methyl sites for hydroxylation is 1. The first-order valence-electron chi connectivity index (χ1n) is 5.60. The van der Waals surface area contributed by atoms with Crippen LogP contribution in [0.2, 0.25) is 0 Å². The molecule has 2 rings (SSSR count). The fraction of sp³-hybridized carbons (Fsp3) is 0.0714. The molecule has 0 fully saturated rings. The number of nitrogens with two attached hydrogens (primary N) is 1. The molecule has 0 aromatic heterocycles. The van der Waals surface area contributed by atoms with Crippen molar-refractivity contribution in [3.05, 3.63) is 59.2 Å². The lowest BCUT2D eigenvalue weighted by Crippen LogP contribution is -2.14. The third-order valence-corrected chi connectivity index (χ3v) is 2.70. The van der Waals surface area contributed by atoms with Crippen LogP contribution in [0, 0.1) is 18.6 Å². The average Bonchev–Trinajstić information content (AvgIpc) is 2.36. The third-order valence-electron chi connectivity index (χ3n) is 2.70. The molecule has 0 saturated heterocycles. The maximum atomic E-state index is 13.4. The Bertz CT molecular complexity index is 641. The summed E-state index contributed by atoms with van der Waals surface area (Å²) in [6.45, 7) is 1.79. The molecule has 98 valence electrons. The first-order chi connectivity index (χ1) is 8.97. The first-order valence-corrected chi connectivity index (χ1v) is 5.60. The number of hydrogen-bond acceptors (Lipinski definition) is 2. The summed E-state index contributed by atoms with van der Waals surface area (Å²) >= 11 is 0. The van der Waals surface area contributed by atoms with Crippen molar-refractivity contribution < 1.29 is 13.6 Å². The van der Waals surface area contributed by atoms with Gasteiger partial charge in [0.2, 0.25) is 0 Å². The molecule has 0 bridgehead atoms. The van der Waals surface area contributed by atoms with Gasteiger partial charge in [-0.15, -0.1) is 0 Å². The fourth-order valence-corrected chi connectivity index (χ4v) is 1.62. The highest BCUT2D eigenvalue weighted by Crippen LogP contribution is 2.18. The summed E-state index contributed by atoms with van der Waals surface area (Å²) in [7, 11) is 0. The van der Waals surface area contributed by atoms with Crippen molar-refractivity contribution in [3.63, 3.8) is 0 Å². The molecule has 0 aliphatic heterocycles. The number of benzene rings is 2. The van der Waals surface area contributed by atoms with Crippen molar-refractivity contribution in [1.29, 1.82) is 0 Å². The number of amides is 1. The molecule has 2 aromatic carbocycles. The van der Waals surface area contributed by atoms with Crippen LogP contribution in [0.3, 0.4) is 0 Å². The molecule has 3 N–H and O–H groups in total. The number of carbonyl (C=O) groups excluding carboxylic acids is 1. The first kappa shape index (κ1) is 13.0. The van der Waals surface area contributed by atoms with E-state index in [9.17, 15) is 13.6 Å². The Kier molecular flexibility index (Phi) is 3.46. The molecular weight excluding hydrogens is 250 g/mol. The van der Waals surface area contributed by atoms with E-state index in [1.165, 1.54) is 0 Å². The second kappa shape index (κ2) is 5.06. The second-order valence-electron chi connectivity index (χ2n) is 4.15. The van der Waals surface area contributed by atoms with Crippen LogP contribution in [0.1, 0.15) is 15.9 Å². The lowest BCUT2D eigenvalue weighted by molar-refractivity contribution is 0.102. The Labute approximate surface area is 109 Å². The number of carbonyl (C=O) groups is 1. The summed E-state index contributed by atoms with van der Waals surface area (Å²) in [6.07, 6.45) is 0. The van der Waals surface area contributed by atoms with Gasteiger partial charge in [0, 0.05) is 11.4 Å². The molecule has 3 nitrogen and oxygen atoms in total. The maximum absolute atomic E-state index is 13.4. The Morgan fingerprint density at radius 3 is 2.58 bits per heavy atom. The van der Waals surface area contributed by atoms with E-state index in [0.717, 1.165) is 23.8 Å². The molecule has 0 aliphatic rings. The van der Waals surface area contributed by atoms with Crippen LogP contribution < -0.4 is 11.1 Å². The van der Waals surface area contributed by atoms with E-state index in [2.05, 4.69) is 5.32 Å². The Morgan fingerprint density at radius 1 is 1.16 bits per heavy atom. The molecule has 0 atom stereocenters. The van der Waals surface area contributed by atoms with Gasteiger partial charge in [-0.3, -0.25) is 4.79 Å². The molecule has 0 heterocycles. The topological polar surface area (TPSA) is 55.1 Å². The van der Waals surface area contributed by atoms with Crippen LogP contribution >= 0.6 is 0 Å². The highest BCUT2D eigenvalue weighted by atomic mass is 19.1. The van der Waals surface area contributed by atoms with E-state index < -0.39 is 17.5 Å². The lowest BCUT2D eigenvalue weighted by atomic mass is 10.1. The summed E-state index contributed by atoms with van der Waals surface area (Å²) in [5.41, 5.74) is 7.17. The zero-order valence-corrected chi connectivity index (χ0v) is 10.2. The van der Waals surface area contributed by atoms with Crippen LogP contribution in [0.25, 0.3) is 0 Å². The monoisotopic (exact) mass is 262 g/mol. The van der Waals surface area contributed by atoms with E-state index in [1.54, 1.807) is 25.1 Å². The largest absolute Gasteiger partial charge is 0.399 e. The van der Waals surface area contributed by atoms with Crippen LogP contribution in [-0.2, 0) is 0 Å². The van der Waals surface area contributed by atoms with E-state index in [-0.39, 0.29) is 5.56 Å². The smallest absolute Gasteiger partial charge is 0.258 e. The van der Waals surface area contributed by atoms with Crippen LogP contribution in [-0.4, -0.2) is 5.91 Å². The maximum Gasteiger partial charge on any atom is 0.258 e. The minimum Gasteiger partial charge on any atom is -0.399 e. The standard InChI is InChI=1S/C14H12F2N2O/c1-8-6-10(3-5-13(8)17)18-14(19)11-7-9(15)2-4-12(11)16/h2-7H,17H2,1H3,(H,18,19). The summed E-state index contributed by atoms with van der Waals surface area (Å²) in [5, 5.41) is 2.49. The van der Waals surface area contributed by atoms with Gasteiger partial charge in [0.25, 0.3) is 5.91 Å². The number of nitrogen functional groups attached to an aromatic ring is 1. The zero-order chi connectivity index (χ0) is 14.0. The fourth-order valence-electron chi connectivity index (χ4n) is 1.62. The molecule has 0 saturated carbocycles. The van der Waals surface area contributed by atoms with Gasteiger partial charge in [-0.2, -0.15) is 0 Å². The van der Waals surface area contributed by atoms with Gasteiger partial charge in [-0.25, -0.2) is 8.78 Å². The molecular formula is C14H12F2N2O. The van der Waals surface area contributed by atoms with Crippen molar-refractivity contribution in [2.24, 2.45) is 0 Å². The molecule has 5 heteroatoms. The highest BCUT2D eigenvalue weighted by Gasteiger charge is 2.13. The van der Waals surface area contributed by atoms with E-state index >= 15 is 0 Å². The summed E-state index contributed by atoms with van der Waals surface area (Å²) in [4.78, 5) is 11.8. The zero-order valence-electron chi connectivity index (χ0n) is 10.2. The number of rotatable bonds is 2.